The number of nitro benzene ring substituents is 1. The van der Waals surface area contributed by atoms with Crippen molar-refractivity contribution in [2.45, 2.75) is 32.3 Å². The molecule has 0 radical (unpaired) electrons. The maximum Gasteiger partial charge on any atom is 0.336 e. The third-order valence-electron chi connectivity index (χ3n) is 6.00. The zero-order valence-electron chi connectivity index (χ0n) is 21.3. The number of carbonyl (C=O) groups is 2. The van der Waals surface area contributed by atoms with Crippen molar-refractivity contribution in [3.63, 3.8) is 0 Å². The second kappa shape index (κ2) is 12.8. The van der Waals surface area contributed by atoms with Gasteiger partial charge in [0.25, 0.3) is 5.69 Å². The predicted molar refractivity (Wildman–Crippen MR) is 136 cm³/mol. The van der Waals surface area contributed by atoms with Crippen molar-refractivity contribution < 1.29 is 38.9 Å². The first-order valence-electron chi connectivity index (χ1n) is 11.8. The summed E-state index contributed by atoms with van der Waals surface area (Å²) in [7, 11) is 1.22. The van der Waals surface area contributed by atoms with Crippen LogP contribution in [-0.4, -0.2) is 60.1 Å². The molecule has 0 spiro atoms. The number of nitrogens with one attached hydrogen (secondary N) is 1. The summed E-state index contributed by atoms with van der Waals surface area (Å²) in [5.41, 5.74) is 2.32. The van der Waals surface area contributed by atoms with Gasteiger partial charge < -0.3 is 29.7 Å². The summed E-state index contributed by atoms with van der Waals surface area (Å²) < 4.78 is 15.9. The number of dihydropyridines is 1. The lowest BCUT2D eigenvalue weighted by molar-refractivity contribution is -0.384. The minimum absolute atomic E-state index is 0.0385. The zero-order valence-corrected chi connectivity index (χ0v) is 21.3. The number of aliphatic hydroxyl groups excluding tert-OH is 2. The van der Waals surface area contributed by atoms with Crippen molar-refractivity contribution in [2.75, 3.05) is 26.9 Å². The first-order valence-corrected chi connectivity index (χ1v) is 11.8. The average Bonchev–Trinajstić information content (AvgIpc) is 2.91. The lowest BCUT2D eigenvalue weighted by Gasteiger charge is -2.30. The van der Waals surface area contributed by atoms with Crippen LogP contribution in [0.4, 0.5) is 5.69 Å². The normalized spacial score (nSPS) is 16.0. The molecule has 1 aliphatic rings. The molecule has 1 aliphatic heterocycles. The Morgan fingerprint density at radius 3 is 2.34 bits per heavy atom. The zero-order chi connectivity index (χ0) is 27.8. The number of rotatable bonds is 11. The van der Waals surface area contributed by atoms with Gasteiger partial charge in [0, 0.05) is 29.9 Å². The van der Waals surface area contributed by atoms with Crippen LogP contribution in [0.1, 0.15) is 30.9 Å². The highest BCUT2D eigenvalue weighted by molar-refractivity contribution is 5.99. The van der Waals surface area contributed by atoms with Gasteiger partial charge in [-0.15, -0.1) is 0 Å². The summed E-state index contributed by atoms with van der Waals surface area (Å²) >= 11 is 0. The lowest BCUT2D eigenvalue weighted by atomic mass is 9.80. The Balaban J connectivity index is 1.78. The summed E-state index contributed by atoms with van der Waals surface area (Å²) in [4.78, 5) is 36.9. The van der Waals surface area contributed by atoms with E-state index in [9.17, 15) is 24.8 Å². The van der Waals surface area contributed by atoms with E-state index in [4.69, 9.17) is 19.3 Å². The van der Waals surface area contributed by atoms with E-state index in [2.05, 4.69) is 5.32 Å². The van der Waals surface area contributed by atoms with Crippen LogP contribution < -0.4 is 10.1 Å². The van der Waals surface area contributed by atoms with Gasteiger partial charge in [-0.05, 0) is 37.1 Å². The Labute approximate surface area is 219 Å². The Bertz CT molecular complexity index is 1250. The molecule has 11 heteroatoms. The minimum Gasteiger partial charge on any atom is -0.491 e. The highest BCUT2D eigenvalue weighted by Gasteiger charge is 2.38. The number of carbonyl (C=O) groups excluding carboxylic acids is 2. The van der Waals surface area contributed by atoms with Gasteiger partial charge in [0.15, 0.2) is 0 Å². The monoisotopic (exact) mass is 526 g/mol. The van der Waals surface area contributed by atoms with Crippen LogP contribution in [0.5, 0.6) is 5.75 Å². The maximum absolute atomic E-state index is 13.3. The first-order chi connectivity index (χ1) is 18.2. The molecule has 0 saturated heterocycles. The van der Waals surface area contributed by atoms with Crippen LogP contribution in [0.15, 0.2) is 71.1 Å². The highest BCUT2D eigenvalue weighted by atomic mass is 16.6. The Kier molecular flexibility index (Phi) is 9.58. The van der Waals surface area contributed by atoms with E-state index >= 15 is 0 Å². The molecule has 3 rings (SSSR count). The van der Waals surface area contributed by atoms with E-state index in [1.54, 1.807) is 44.2 Å². The molecule has 2 atom stereocenters. The molecule has 2 unspecified atom stereocenters. The molecular formula is C27H30N2O9. The molecule has 3 N–H and O–H groups in total. The average molecular weight is 527 g/mol. The largest absolute Gasteiger partial charge is 0.491 e. The van der Waals surface area contributed by atoms with Crippen molar-refractivity contribution in [2.24, 2.45) is 0 Å². The molecule has 0 aliphatic carbocycles. The topological polar surface area (TPSA) is 157 Å². The van der Waals surface area contributed by atoms with Gasteiger partial charge in [0.1, 0.15) is 18.5 Å². The number of nitrogens with zero attached hydrogens (tertiary/aromatic N) is 1. The lowest BCUT2D eigenvalue weighted by Crippen LogP contribution is -2.32. The minimum atomic E-state index is -0.967. The van der Waals surface area contributed by atoms with Crippen molar-refractivity contribution in [1.29, 1.82) is 0 Å². The number of aliphatic hydroxyl groups is 2. The molecular weight excluding hydrogens is 496 g/mol. The van der Waals surface area contributed by atoms with E-state index in [1.165, 1.54) is 25.3 Å². The van der Waals surface area contributed by atoms with Gasteiger partial charge in [-0.1, -0.05) is 24.3 Å². The number of hydrogen-bond acceptors (Lipinski definition) is 10. The van der Waals surface area contributed by atoms with Gasteiger partial charge in [0.05, 0.1) is 42.3 Å². The maximum atomic E-state index is 13.3. The van der Waals surface area contributed by atoms with Crippen LogP contribution in [0.2, 0.25) is 0 Å². The van der Waals surface area contributed by atoms with Crippen LogP contribution in [0, 0.1) is 10.1 Å². The number of benzene rings is 2. The van der Waals surface area contributed by atoms with E-state index < -0.39 is 35.5 Å². The summed E-state index contributed by atoms with van der Waals surface area (Å²) in [6.45, 7) is 2.94. The summed E-state index contributed by atoms with van der Waals surface area (Å²) in [5, 5.41) is 32.7. The number of esters is 2. The molecule has 0 saturated carbocycles. The number of ether oxygens (including phenoxy) is 3. The molecule has 0 bridgehead atoms. The quantitative estimate of drug-likeness (QED) is 0.226. The number of allylic oxidation sites excluding steroid dienone is 2. The molecule has 0 aromatic heterocycles. The SMILES string of the molecule is COC(=O)C1=C(C)NC(C)=C(C(=O)OCCc2ccc(OCC(O)CO)cc2)C1c1cccc([N+](=O)[O-])c1. The third-order valence-corrected chi connectivity index (χ3v) is 6.00. The molecule has 38 heavy (non-hydrogen) atoms. The van der Waals surface area contributed by atoms with Crippen molar-refractivity contribution in [1.82, 2.24) is 5.32 Å². The second-order valence-corrected chi connectivity index (χ2v) is 8.66. The molecule has 11 nitrogen and oxygen atoms in total. The Morgan fingerprint density at radius 1 is 1.08 bits per heavy atom. The van der Waals surface area contributed by atoms with E-state index in [1.807, 2.05) is 0 Å². The van der Waals surface area contributed by atoms with Crippen molar-refractivity contribution >= 4 is 17.6 Å². The second-order valence-electron chi connectivity index (χ2n) is 8.66. The van der Waals surface area contributed by atoms with Crippen LogP contribution in [0.25, 0.3) is 0 Å². The number of hydrogen-bond donors (Lipinski definition) is 3. The Morgan fingerprint density at radius 2 is 1.74 bits per heavy atom. The van der Waals surface area contributed by atoms with Crippen LogP contribution in [0.3, 0.4) is 0 Å². The van der Waals surface area contributed by atoms with E-state index in [0.29, 0.717) is 29.1 Å². The number of nitro groups is 1. The number of methoxy groups -OCH3 is 1. The van der Waals surface area contributed by atoms with Crippen LogP contribution in [-0.2, 0) is 25.5 Å². The smallest absolute Gasteiger partial charge is 0.336 e. The van der Waals surface area contributed by atoms with Crippen molar-refractivity contribution in [3.8, 4) is 5.75 Å². The standard InChI is InChI=1S/C27H30N2O9/c1-16-23(26(32)36-3)25(19-5-4-6-20(13-19)29(34)35)24(17(2)28-16)27(33)37-12-11-18-7-9-22(10-8-18)38-15-21(31)14-30/h4-10,13,21,25,28,30-31H,11-12,14-15H2,1-3H3. The molecule has 2 aromatic rings. The van der Waals surface area contributed by atoms with Gasteiger partial charge >= 0.3 is 11.9 Å². The summed E-state index contributed by atoms with van der Waals surface area (Å²) in [5.74, 6) is -1.75. The fourth-order valence-electron chi connectivity index (χ4n) is 4.13. The summed E-state index contributed by atoms with van der Waals surface area (Å²) in [6, 6.07) is 12.7. The van der Waals surface area contributed by atoms with Gasteiger partial charge in [0.2, 0.25) is 0 Å². The first kappa shape index (κ1) is 28.4. The summed E-state index contributed by atoms with van der Waals surface area (Å²) in [6.07, 6.45) is -0.573. The third kappa shape index (κ3) is 6.75. The van der Waals surface area contributed by atoms with Gasteiger partial charge in [-0.2, -0.15) is 0 Å². The molecule has 2 aromatic carbocycles. The van der Waals surface area contributed by atoms with Crippen LogP contribution >= 0.6 is 0 Å². The molecule has 202 valence electrons. The predicted octanol–water partition coefficient (Wildman–Crippen LogP) is 2.52. The Hall–Kier alpha value is -4.22. The fraction of sp³-hybridized carbons (Fsp3) is 0.333. The molecule has 0 amide bonds. The number of non-ortho nitro benzene ring substituents is 1. The molecule has 0 fully saturated rings. The van der Waals surface area contributed by atoms with Gasteiger partial charge in [-0.25, -0.2) is 9.59 Å². The van der Waals surface area contributed by atoms with E-state index in [-0.39, 0.29) is 30.0 Å². The highest BCUT2D eigenvalue weighted by Crippen LogP contribution is 2.40. The molecule has 1 heterocycles. The van der Waals surface area contributed by atoms with Crippen molar-refractivity contribution in [3.05, 3.63) is 92.3 Å². The van der Waals surface area contributed by atoms with Gasteiger partial charge in [-0.3, -0.25) is 10.1 Å². The fourth-order valence-corrected chi connectivity index (χ4v) is 4.13. The van der Waals surface area contributed by atoms with E-state index in [0.717, 1.165) is 5.56 Å².